The maximum absolute atomic E-state index is 12.5. The third-order valence-electron chi connectivity index (χ3n) is 4.28. The van der Waals surface area contributed by atoms with Crippen LogP contribution in [-0.4, -0.2) is 46.5 Å². The molecule has 1 aromatic heterocycles. The second-order valence-electron chi connectivity index (χ2n) is 6.13. The number of nitrogens with zero attached hydrogens (tertiary/aromatic N) is 2. The SMILES string of the molecule is CCCN1CCCC(NC(=O)c2cccc(-c3ncc[nH]3)c2)C1. The highest BCUT2D eigenvalue weighted by Gasteiger charge is 2.21. The van der Waals surface area contributed by atoms with E-state index in [0.29, 0.717) is 5.56 Å². The fraction of sp³-hybridized carbons (Fsp3) is 0.444. The van der Waals surface area contributed by atoms with E-state index in [4.69, 9.17) is 0 Å². The Hall–Kier alpha value is -2.14. The molecule has 122 valence electrons. The summed E-state index contributed by atoms with van der Waals surface area (Å²) in [6, 6.07) is 7.85. The van der Waals surface area contributed by atoms with Gasteiger partial charge in [0.05, 0.1) is 0 Å². The zero-order valence-electron chi connectivity index (χ0n) is 13.6. The molecule has 5 heteroatoms. The molecule has 0 bridgehead atoms. The molecule has 3 rings (SSSR count). The summed E-state index contributed by atoms with van der Waals surface area (Å²) in [6.45, 7) is 5.41. The van der Waals surface area contributed by atoms with Gasteiger partial charge in [0.2, 0.25) is 0 Å². The zero-order chi connectivity index (χ0) is 16.1. The van der Waals surface area contributed by atoms with Crippen LogP contribution >= 0.6 is 0 Å². The molecule has 1 aliphatic rings. The molecule has 23 heavy (non-hydrogen) atoms. The number of hydrogen-bond acceptors (Lipinski definition) is 3. The lowest BCUT2D eigenvalue weighted by atomic mass is 10.0. The van der Waals surface area contributed by atoms with E-state index in [9.17, 15) is 4.79 Å². The van der Waals surface area contributed by atoms with Crippen molar-refractivity contribution in [2.45, 2.75) is 32.2 Å². The van der Waals surface area contributed by atoms with Gasteiger partial charge in [-0.05, 0) is 44.5 Å². The van der Waals surface area contributed by atoms with Gasteiger partial charge in [-0.3, -0.25) is 4.79 Å². The number of rotatable bonds is 5. The van der Waals surface area contributed by atoms with Crippen LogP contribution in [-0.2, 0) is 0 Å². The molecule has 2 aromatic rings. The van der Waals surface area contributed by atoms with E-state index in [1.807, 2.05) is 24.3 Å². The average Bonchev–Trinajstić information content (AvgIpc) is 3.10. The third-order valence-corrected chi connectivity index (χ3v) is 4.28. The van der Waals surface area contributed by atoms with E-state index in [2.05, 4.69) is 27.1 Å². The largest absolute Gasteiger partial charge is 0.348 e. The van der Waals surface area contributed by atoms with Crippen molar-refractivity contribution in [3.8, 4) is 11.4 Å². The lowest BCUT2D eigenvalue weighted by molar-refractivity contribution is 0.0904. The van der Waals surface area contributed by atoms with Crippen molar-refractivity contribution in [1.82, 2.24) is 20.2 Å². The molecule has 1 fully saturated rings. The second kappa shape index (κ2) is 7.42. The molecule has 0 saturated carbocycles. The molecule has 1 saturated heterocycles. The molecule has 2 heterocycles. The molecule has 0 aliphatic carbocycles. The van der Waals surface area contributed by atoms with Gasteiger partial charge in [-0.25, -0.2) is 4.98 Å². The maximum atomic E-state index is 12.5. The summed E-state index contributed by atoms with van der Waals surface area (Å²) in [5.41, 5.74) is 1.62. The predicted molar refractivity (Wildman–Crippen MR) is 91.2 cm³/mol. The molecular formula is C18H24N4O. The highest BCUT2D eigenvalue weighted by molar-refractivity contribution is 5.95. The fourth-order valence-electron chi connectivity index (χ4n) is 3.19. The topological polar surface area (TPSA) is 61.0 Å². The summed E-state index contributed by atoms with van der Waals surface area (Å²) in [7, 11) is 0. The predicted octanol–water partition coefficient (Wildman–Crippen LogP) is 2.68. The Morgan fingerprint density at radius 1 is 1.48 bits per heavy atom. The molecule has 2 N–H and O–H groups in total. The number of aromatic amines is 1. The van der Waals surface area contributed by atoms with Crippen LogP contribution in [0.25, 0.3) is 11.4 Å². The summed E-state index contributed by atoms with van der Waals surface area (Å²) in [5.74, 6) is 0.785. The minimum Gasteiger partial charge on any atom is -0.348 e. The molecule has 1 aliphatic heterocycles. The Balaban J connectivity index is 1.65. The highest BCUT2D eigenvalue weighted by atomic mass is 16.1. The molecule has 1 amide bonds. The number of amides is 1. The molecular weight excluding hydrogens is 288 g/mol. The summed E-state index contributed by atoms with van der Waals surface area (Å²) < 4.78 is 0. The summed E-state index contributed by atoms with van der Waals surface area (Å²) in [6.07, 6.45) is 6.87. The van der Waals surface area contributed by atoms with Crippen molar-refractivity contribution in [2.24, 2.45) is 0 Å². The second-order valence-corrected chi connectivity index (χ2v) is 6.13. The number of H-pyrrole nitrogens is 1. The smallest absolute Gasteiger partial charge is 0.251 e. The summed E-state index contributed by atoms with van der Waals surface area (Å²) in [4.78, 5) is 22.3. The van der Waals surface area contributed by atoms with Gasteiger partial charge in [0.1, 0.15) is 5.82 Å². The Morgan fingerprint density at radius 2 is 2.39 bits per heavy atom. The van der Waals surface area contributed by atoms with E-state index < -0.39 is 0 Å². The van der Waals surface area contributed by atoms with E-state index in [-0.39, 0.29) is 11.9 Å². The monoisotopic (exact) mass is 312 g/mol. The number of likely N-dealkylation sites (tertiary alicyclic amines) is 1. The van der Waals surface area contributed by atoms with Crippen molar-refractivity contribution in [3.05, 3.63) is 42.2 Å². The number of imidazole rings is 1. The van der Waals surface area contributed by atoms with E-state index >= 15 is 0 Å². The molecule has 1 unspecified atom stereocenters. The Bertz CT molecular complexity index is 636. The molecule has 5 nitrogen and oxygen atoms in total. The van der Waals surface area contributed by atoms with Gasteiger partial charge < -0.3 is 15.2 Å². The Morgan fingerprint density at radius 3 is 3.17 bits per heavy atom. The van der Waals surface area contributed by atoms with Crippen LogP contribution in [0.4, 0.5) is 0 Å². The van der Waals surface area contributed by atoms with Crippen molar-refractivity contribution in [3.63, 3.8) is 0 Å². The van der Waals surface area contributed by atoms with Crippen LogP contribution in [0.5, 0.6) is 0 Å². The van der Waals surface area contributed by atoms with E-state index in [1.165, 1.54) is 0 Å². The number of benzene rings is 1. The van der Waals surface area contributed by atoms with Crippen molar-refractivity contribution >= 4 is 5.91 Å². The van der Waals surface area contributed by atoms with Crippen LogP contribution < -0.4 is 5.32 Å². The van der Waals surface area contributed by atoms with Crippen molar-refractivity contribution < 1.29 is 4.79 Å². The number of carbonyl (C=O) groups excluding carboxylic acids is 1. The van der Waals surface area contributed by atoms with Gasteiger partial charge in [-0.2, -0.15) is 0 Å². The van der Waals surface area contributed by atoms with Crippen LogP contribution in [0.15, 0.2) is 36.7 Å². The van der Waals surface area contributed by atoms with Crippen LogP contribution in [0.3, 0.4) is 0 Å². The number of piperidine rings is 1. The molecule has 0 spiro atoms. The van der Waals surface area contributed by atoms with Crippen molar-refractivity contribution in [2.75, 3.05) is 19.6 Å². The minimum absolute atomic E-state index is 0.00162. The Labute approximate surface area is 137 Å². The number of hydrogen-bond donors (Lipinski definition) is 2. The van der Waals surface area contributed by atoms with E-state index in [0.717, 1.165) is 50.3 Å². The van der Waals surface area contributed by atoms with Crippen LogP contribution in [0.1, 0.15) is 36.5 Å². The van der Waals surface area contributed by atoms with Gasteiger partial charge in [-0.15, -0.1) is 0 Å². The maximum Gasteiger partial charge on any atom is 0.251 e. The number of carbonyl (C=O) groups is 1. The number of nitrogens with one attached hydrogen (secondary N) is 2. The first-order chi connectivity index (χ1) is 11.3. The molecule has 0 radical (unpaired) electrons. The van der Waals surface area contributed by atoms with Gasteiger partial charge in [0.15, 0.2) is 0 Å². The lowest BCUT2D eigenvalue weighted by Gasteiger charge is -2.32. The first kappa shape index (κ1) is 15.7. The number of aromatic nitrogens is 2. The van der Waals surface area contributed by atoms with Gasteiger partial charge in [0, 0.05) is 36.1 Å². The standard InChI is InChI=1S/C18H24N4O/c1-2-10-22-11-4-7-16(13-22)21-18(23)15-6-3-5-14(12-15)17-19-8-9-20-17/h3,5-6,8-9,12,16H,2,4,7,10-11,13H2,1H3,(H,19,20)(H,21,23). The first-order valence-electron chi connectivity index (χ1n) is 8.39. The van der Waals surface area contributed by atoms with Crippen LogP contribution in [0, 0.1) is 0 Å². The highest BCUT2D eigenvalue weighted by Crippen LogP contribution is 2.17. The normalized spacial score (nSPS) is 18.7. The quantitative estimate of drug-likeness (QED) is 0.892. The zero-order valence-corrected chi connectivity index (χ0v) is 13.6. The van der Waals surface area contributed by atoms with Crippen molar-refractivity contribution in [1.29, 1.82) is 0 Å². The fourth-order valence-corrected chi connectivity index (χ4v) is 3.19. The summed E-state index contributed by atoms with van der Waals surface area (Å²) >= 11 is 0. The van der Waals surface area contributed by atoms with Gasteiger partial charge in [0.25, 0.3) is 5.91 Å². The van der Waals surface area contributed by atoms with Crippen LogP contribution in [0.2, 0.25) is 0 Å². The van der Waals surface area contributed by atoms with Gasteiger partial charge >= 0.3 is 0 Å². The average molecular weight is 312 g/mol. The summed E-state index contributed by atoms with van der Waals surface area (Å²) in [5, 5.41) is 3.18. The molecule has 1 aromatic carbocycles. The first-order valence-corrected chi connectivity index (χ1v) is 8.39. The Kier molecular flexibility index (Phi) is 5.08. The minimum atomic E-state index is 0.00162. The lowest BCUT2D eigenvalue weighted by Crippen LogP contribution is -2.47. The van der Waals surface area contributed by atoms with Gasteiger partial charge in [-0.1, -0.05) is 19.1 Å². The molecule has 1 atom stereocenters. The third kappa shape index (κ3) is 3.99. The van der Waals surface area contributed by atoms with E-state index in [1.54, 1.807) is 12.4 Å².